The molecule has 180 valence electrons. The summed E-state index contributed by atoms with van der Waals surface area (Å²) in [6, 6.07) is 13.2. The number of benzene rings is 2. The smallest absolute Gasteiger partial charge is 0.238 e. The van der Waals surface area contributed by atoms with E-state index in [1.54, 1.807) is 0 Å². The average molecular weight is 466 g/mol. The Kier molecular flexibility index (Phi) is 6.69. The maximum atomic E-state index is 13.6. The van der Waals surface area contributed by atoms with Crippen LogP contribution in [0.1, 0.15) is 37.7 Å². The van der Waals surface area contributed by atoms with Gasteiger partial charge in [-0.2, -0.15) is 0 Å². The minimum absolute atomic E-state index is 0.00447. The van der Waals surface area contributed by atoms with Gasteiger partial charge in [-0.15, -0.1) is 0 Å². The van der Waals surface area contributed by atoms with Crippen molar-refractivity contribution in [3.05, 3.63) is 48.0 Å². The minimum Gasteiger partial charge on any atom is -0.454 e. The van der Waals surface area contributed by atoms with E-state index in [0.29, 0.717) is 36.9 Å². The van der Waals surface area contributed by atoms with Gasteiger partial charge >= 0.3 is 0 Å². The number of amides is 2. The summed E-state index contributed by atoms with van der Waals surface area (Å²) in [6.45, 7) is 3.42. The zero-order valence-corrected chi connectivity index (χ0v) is 19.3. The quantitative estimate of drug-likeness (QED) is 0.679. The topological polar surface area (TPSA) is 89.1 Å². The van der Waals surface area contributed by atoms with E-state index < -0.39 is 5.41 Å². The van der Waals surface area contributed by atoms with Gasteiger partial charge in [0.1, 0.15) is 0 Å². The van der Waals surface area contributed by atoms with Crippen LogP contribution in [0.5, 0.6) is 11.5 Å². The van der Waals surface area contributed by atoms with Crippen molar-refractivity contribution in [1.29, 1.82) is 0 Å². The Balaban J connectivity index is 1.25. The summed E-state index contributed by atoms with van der Waals surface area (Å²) >= 11 is 0. The van der Waals surface area contributed by atoms with Crippen LogP contribution in [0.15, 0.2) is 42.5 Å². The Hall–Kier alpha value is -3.10. The molecule has 8 heteroatoms. The van der Waals surface area contributed by atoms with Gasteiger partial charge in [0.05, 0.1) is 25.2 Å². The monoisotopic (exact) mass is 465 g/mol. The lowest BCUT2D eigenvalue weighted by Gasteiger charge is -2.36. The number of nitrogens with one attached hydrogen (secondary N) is 2. The van der Waals surface area contributed by atoms with E-state index in [-0.39, 0.29) is 18.6 Å². The molecule has 0 bridgehead atoms. The number of anilines is 2. The highest BCUT2D eigenvalue weighted by Crippen LogP contribution is 2.44. The molecule has 2 aromatic rings. The van der Waals surface area contributed by atoms with E-state index in [4.69, 9.17) is 14.2 Å². The summed E-state index contributed by atoms with van der Waals surface area (Å²) < 4.78 is 16.3. The molecule has 34 heavy (non-hydrogen) atoms. The van der Waals surface area contributed by atoms with Crippen molar-refractivity contribution < 1.29 is 23.8 Å². The van der Waals surface area contributed by atoms with Gasteiger partial charge in [-0.1, -0.05) is 25.3 Å². The van der Waals surface area contributed by atoms with Crippen LogP contribution in [0, 0.1) is 0 Å². The van der Waals surface area contributed by atoms with Crippen molar-refractivity contribution in [3.8, 4) is 11.5 Å². The van der Waals surface area contributed by atoms with Gasteiger partial charge in [-0.05, 0) is 54.8 Å². The number of hydrogen-bond acceptors (Lipinski definition) is 6. The summed E-state index contributed by atoms with van der Waals surface area (Å²) in [6.07, 6.45) is 4.76. The number of morpholine rings is 1. The van der Waals surface area contributed by atoms with E-state index >= 15 is 0 Å². The Labute approximate surface area is 199 Å². The highest BCUT2D eigenvalue weighted by atomic mass is 16.7. The van der Waals surface area contributed by atoms with Gasteiger partial charge in [0.15, 0.2) is 11.5 Å². The molecular weight excluding hydrogens is 434 g/mol. The molecule has 0 aromatic heterocycles. The summed E-state index contributed by atoms with van der Waals surface area (Å²) in [7, 11) is 0. The van der Waals surface area contributed by atoms with Crippen molar-refractivity contribution in [2.24, 2.45) is 0 Å². The number of carbonyl (C=O) groups excluding carboxylic acids is 2. The van der Waals surface area contributed by atoms with Gasteiger partial charge in [0, 0.05) is 24.5 Å². The fraction of sp³-hybridized carbons (Fsp3) is 0.462. The van der Waals surface area contributed by atoms with E-state index in [1.165, 1.54) is 0 Å². The van der Waals surface area contributed by atoms with Crippen molar-refractivity contribution in [1.82, 2.24) is 4.90 Å². The first-order valence-corrected chi connectivity index (χ1v) is 12.0. The number of nitrogens with zero attached hydrogens (tertiary/aromatic N) is 1. The first kappa shape index (κ1) is 22.7. The lowest BCUT2D eigenvalue weighted by Crippen LogP contribution is -2.42. The molecule has 2 aliphatic heterocycles. The molecule has 1 saturated carbocycles. The van der Waals surface area contributed by atoms with Crippen LogP contribution in [0.4, 0.5) is 11.4 Å². The molecular formula is C26H31N3O5. The maximum Gasteiger partial charge on any atom is 0.238 e. The second-order valence-corrected chi connectivity index (χ2v) is 9.18. The molecule has 0 radical (unpaired) electrons. The van der Waals surface area contributed by atoms with Crippen molar-refractivity contribution in [2.75, 3.05) is 50.3 Å². The number of rotatable bonds is 6. The lowest BCUT2D eigenvalue weighted by molar-refractivity contribution is -0.122. The highest BCUT2D eigenvalue weighted by Gasteiger charge is 2.42. The third-order valence-corrected chi connectivity index (χ3v) is 6.96. The molecule has 5 rings (SSSR count). The first-order valence-electron chi connectivity index (χ1n) is 12.0. The van der Waals surface area contributed by atoms with Crippen LogP contribution in [-0.4, -0.2) is 56.4 Å². The third kappa shape index (κ3) is 4.88. The SMILES string of the molecule is O=C(CN1CCOCC1)Nc1ccc(NC(=O)C2(c3ccc4c(c3)OCO4)CCCCC2)cc1. The molecule has 2 fully saturated rings. The van der Waals surface area contributed by atoms with Gasteiger partial charge in [-0.3, -0.25) is 14.5 Å². The van der Waals surface area contributed by atoms with Gasteiger partial charge in [-0.25, -0.2) is 0 Å². The molecule has 8 nitrogen and oxygen atoms in total. The fourth-order valence-electron chi connectivity index (χ4n) is 5.05. The molecule has 2 aromatic carbocycles. The molecule has 1 saturated heterocycles. The summed E-state index contributed by atoms with van der Waals surface area (Å²) in [4.78, 5) is 28.0. The van der Waals surface area contributed by atoms with Crippen LogP contribution < -0.4 is 20.1 Å². The van der Waals surface area contributed by atoms with Crippen molar-refractivity contribution in [3.63, 3.8) is 0 Å². The minimum atomic E-state index is -0.593. The normalized spacial score (nSPS) is 19.4. The van der Waals surface area contributed by atoms with Crippen LogP contribution >= 0.6 is 0 Å². The van der Waals surface area contributed by atoms with E-state index in [1.807, 2.05) is 42.5 Å². The van der Waals surface area contributed by atoms with Crippen LogP contribution in [0.3, 0.4) is 0 Å². The molecule has 3 aliphatic rings. The number of hydrogen-bond donors (Lipinski definition) is 2. The predicted octanol–water partition coefficient (Wildman–Crippen LogP) is 3.53. The molecule has 0 spiro atoms. The number of ether oxygens (including phenoxy) is 3. The zero-order chi connectivity index (χ0) is 23.4. The highest BCUT2D eigenvalue weighted by molar-refractivity contribution is 6.00. The van der Waals surface area contributed by atoms with Gasteiger partial charge in [0.25, 0.3) is 0 Å². The van der Waals surface area contributed by atoms with E-state index in [9.17, 15) is 9.59 Å². The zero-order valence-electron chi connectivity index (χ0n) is 19.3. The molecule has 2 amide bonds. The molecule has 0 unspecified atom stereocenters. The van der Waals surface area contributed by atoms with Crippen molar-refractivity contribution in [2.45, 2.75) is 37.5 Å². The second-order valence-electron chi connectivity index (χ2n) is 9.18. The maximum absolute atomic E-state index is 13.6. The standard InChI is InChI=1S/C26H31N3O5/c30-24(17-29-12-14-32-15-13-29)27-20-5-7-21(8-6-20)28-25(31)26(10-2-1-3-11-26)19-4-9-22-23(16-19)34-18-33-22/h4-9,16H,1-3,10-15,17-18H2,(H,27,30)(H,28,31). The summed E-state index contributed by atoms with van der Waals surface area (Å²) in [5.74, 6) is 1.37. The molecule has 1 aliphatic carbocycles. The number of carbonyl (C=O) groups is 2. The van der Waals surface area contributed by atoms with Crippen molar-refractivity contribution >= 4 is 23.2 Å². The lowest BCUT2D eigenvalue weighted by atomic mass is 9.68. The Morgan fingerprint density at radius 2 is 1.53 bits per heavy atom. The second kappa shape index (κ2) is 10.0. The summed E-state index contributed by atoms with van der Waals surface area (Å²) in [5, 5.41) is 6.05. The first-order chi connectivity index (χ1) is 16.6. The average Bonchev–Trinajstić information content (AvgIpc) is 3.34. The molecule has 2 heterocycles. The number of fused-ring (bicyclic) bond motifs is 1. The van der Waals surface area contributed by atoms with Gasteiger partial charge < -0.3 is 24.8 Å². The largest absolute Gasteiger partial charge is 0.454 e. The predicted molar refractivity (Wildman–Crippen MR) is 128 cm³/mol. The third-order valence-electron chi connectivity index (χ3n) is 6.96. The Morgan fingerprint density at radius 1 is 0.853 bits per heavy atom. The van der Waals surface area contributed by atoms with E-state index in [0.717, 1.165) is 56.5 Å². The molecule has 0 atom stereocenters. The van der Waals surface area contributed by atoms with E-state index in [2.05, 4.69) is 15.5 Å². The fourth-order valence-corrected chi connectivity index (χ4v) is 5.05. The summed E-state index contributed by atoms with van der Waals surface area (Å²) in [5.41, 5.74) is 1.80. The Morgan fingerprint density at radius 3 is 2.26 bits per heavy atom. The van der Waals surface area contributed by atoms with Crippen LogP contribution in [0.2, 0.25) is 0 Å². The Bertz CT molecular complexity index is 1030. The van der Waals surface area contributed by atoms with Gasteiger partial charge in [0.2, 0.25) is 18.6 Å². The van der Waals surface area contributed by atoms with Crippen LogP contribution in [-0.2, 0) is 19.7 Å². The van der Waals surface area contributed by atoms with Crippen LogP contribution in [0.25, 0.3) is 0 Å². The molecule has 2 N–H and O–H groups in total.